The second-order valence-electron chi connectivity index (χ2n) is 11.4. The minimum absolute atomic E-state index is 0.0633. The third-order valence-electron chi connectivity index (χ3n) is 7.48. The van der Waals surface area contributed by atoms with Gasteiger partial charge in [0, 0.05) is 0 Å². The van der Waals surface area contributed by atoms with Crippen molar-refractivity contribution in [3.05, 3.63) is 48.6 Å². The fourth-order valence-electron chi connectivity index (χ4n) is 4.88. The van der Waals surface area contributed by atoms with E-state index in [9.17, 15) is 5.11 Å². The molecule has 0 aromatic heterocycles. The van der Waals surface area contributed by atoms with E-state index in [1.54, 1.807) is 0 Å². The fourth-order valence-corrected chi connectivity index (χ4v) is 4.88. The Bertz CT molecular complexity index is 493. The van der Waals surface area contributed by atoms with Crippen LogP contribution in [0.4, 0.5) is 0 Å². The lowest BCUT2D eigenvalue weighted by atomic mass is 10.0. The summed E-state index contributed by atoms with van der Waals surface area (Å²) >= 11 is 0. The van der Waals surface area contributed by atoms with Gasteiger partial charge in [-0.25, -0.2) is 0 Å². The van der Waals surface area contributed by atoms with Gasteiger partial charge in [0.1, 0.15) is 0 Å². The van der Waals surface area contributed by atoms with Crippen LogP contribution in [0.1, 0.15) is 181 Å². The highest BCUT2D eigenvalue weighted by Crippen LogP contribution is 2.15. The van der Waals surface area contributed by atoms with Crippen LogP contribution in [-0.4, -0.2) is 11.2 Å². The summed E-state index contributed by atoms with van der Waals surface area (Å²) in [5.74, 6) is 0. The summed E-state index contributed by atoms with van der Waals surface area (Å²) in [5, 5.41) is 10.3. The molecular weight excluding hydrogens is 460 g/mol. The monoisotopic (exact) mass is 529 g/mol. The van der Waals surface area contributed by atoms with Crippen molar-refractivity contribution in [2.24, 2.45) is 0 Å². The Balaban J connectivity index is 3.29. The van der Waals surface area contributed by atoms with Crippen LogP contribution < -0.4 is 0 Å². The number of aliphatic hydroxyl groups excluding tert-OH is 1. The standard InChI is InChI=1S/C37H68O/c1-3-5-7-9-11-13-15-17-19-21-23-25-27-29-31-33-35-37(38)36-34-32-30-28-26-24-22-20-18-16-14-12-10-8-6-4-2/h11-14,17-20,37-38H,3-10,15-16,21-36H2,1-2H3/b13-11+,14-12+,19-17+,20-18+. The van der Waals surface area contributed by atoms with Gasteiger partial charge in [-0.2, -0.15) is 0 Å². The van der Waals surface area contributed by atoms with E-state index in [-0.39, 0.29) is 6.10 Å². The maximum atomic E-state index is 10.3. The number of aliphatic hydroxyl groups is 1. The second kappa shape index (κ2) is 33.9. The summed E-state index contributed by atoms with van der Waals surface area (Å²) in [7, 11) is 0. The van der Waals surface area contributed by atoms with Crippen molar-refractivity contribution in [2.75, 3.05) is 0 Å². The van der Waals surface area contributed by atoms with Gasteiger partial charge in [-0.15, -0.1) is 0 Å². The van der Waals surface area contributed by atoms with Gasteiger partial charge in [0.25, 0.3) is 0 Å². The van der Waals surface area contributed by atoms with E-state index in [2.05, 4.69) is 62.5 Å². The van der Waals surface area contributed by atoms with Crippen molar-refractivity contribution >= 4 is 0 Å². The number of hydrogen-bond acceptors (Lipinski definition) is 1. The molecule has 0 aliphatic heterocycles. The second-order valence-corrected chi connectivity index (χ2v) is 11.4. The number of unbranched alkanes of at least 4 members (excludes halogenated alkanes) is 18. The Morgan fingerprint density at radius 3 is 1.00 bits per heavy atom. The van der Waals surface area contributed by atoms with Crippen LogP contribution in [-0.2, 0) is 0 Å². The molecule has 0 unspecified atom stereocenters. The molecule has 0 saturated carbocycles. The highest BCUT2D eigenvalue weighted by Gasteiger charge is 2.03. The molecule has 1 N–H and O–H groups in total. The molecule has 0 aromatic rings. The van der Waals surface area contributed by atoms with Gasteiger partial charge < -0.3 is 5.11 Å². The summed E-state index contributed by atoms with van der Waals surface area (Å²) < 4.78 is 0. The number of allylic oxidation sites excluding steroid dienone is 8. The first kappa shape index (κ1) is 36.9. The van der Waals surface area contributed by atoms with Crippen molar-refractivity contribution in [1.82, 2.24) is 0 Å². The van der Waals surface area contributed by atoms with Gasteiger partial charge in [-0.3, -0.25) is 0 Å². The average Bonchev–Trinajstić information content (AvgIpc) is 2.92. The molecule has 0 aliphatic carbocycles. The third kappa shape index (κ3) is 32.9. The van der Waals surface area contributed by atoms with Gasteiger partial charge in [0.05, 0.1) is 6.10 Å². The molecule has 0 saturated heterocycles. The summed E-state index contributed by atoms with van der Waals surface area (Å²) in [5.41, 5.74) is 0. The molecule has 38 heavy (non-hydrogen) atoms. The summed E-state index contributed by atoms with van der Waals surface area (Å²) in [6.45, 7) is 4.52. The number of hydrogen-bond donors (Lipinski definition) is 1. The van der Waals surface area contributed by atoms with Crippen molar-refractivity contribution in [2.45, 2.75) is 187 Å². The van der Waals surface area contributed by atoms with Gasteiger partial charge >= 0.3 is 0 Å². The smallest absolute Gasteiger partial charge is 0.0540 e. The van der Waals surface area contributed by atoms with Crippen LogP contribution in [0.3, 0.4) is 0 Å². The van der Waals surface area contributed by atoms with Gasteiger partial charge in [-0.05, 0) is 77.0 Å². The topological polar surface area (TPSA) is 20.2 Å². The largest absolute Gasteiger partial charge is 0.393 e. The molecule has 0 aromatic carbocycles. The van der Waals surface area contributed by atoms with E-state index >= 15 is 0 Å². The Morgan fingerprint density at radius 1 is 0.368 bits per heavy atom. The molecule has 0 spiro atoms. The van der Waals surface area contributed by atoms with E-state index in [1.165, 1.54) is 141 Å². The Labute approximate surface area is 240 Å². The molecule has 0 aliphatic rings. The maximum absolute atomic E-state index is 10.3. The van der Waals surface area contributed by atoms with Crippen molar-refractivity contribution in [1.29, 1.82) is 0 Å². The lowest BCUT2D eigenvalue weighted by Gasteiger charge is -2.10. The molecule has 0 bridgehead atoms. The minimum Gasteiger partial charge on any atom is -0.393 e. The first-order valence-electron chi connectivity index (χ1n) is 17.1. The maximum Gasteiger partial charge on any atom is 0.0540 e. The highest BCUT2D eigenvalue weighted by molar-refractivity contribution is 4.93. The molecule has 0 rings (SSSR count). The number of rotatable bonds is 30. The molecule has 1 heteroatoms. The Hall–Kier alpha value is -1.08. The normalized spacial score (nSPS) is 12.5. The quantitative estimate of drug-likeness (QED) is 0.0726. The van der Waals surface area contributed by atoms with E-state index in [0.29, 0.717) is 0 Å². The Kier molecular flexibility index (Phi) is 33.0. The predicted molar refractivity (Wildman–Crippen MR) is 174 cm³/mol. The first-order valence-corrected chi connectivity index (χ1v) is 17.1. The first-order chi connectivity index (χ1) is 18.8. The predicted octanol–water partition coefficient (Wildman–Crippen LogP) is 12.8. The van der Waals surface area contributed by atoms with Crippen molar-refractivity contribution < 1.29 is 5.11 Å². The average molecular weight is 529 g/mol. The van der Waals surface area contributed by atoms with E-state index in [1.807, 2.05) is 0 Å². The lowest BCUT2D eigenvalue weighted by Crippen LogP contribution is -2.05. The highest BCUT2D eigenvalue weighted by atomic mass is 16.3. The van der Waals surface area contributed by atoms with Gasteiger partial charge in [0.2, 0.25) is 0 Å². The molecular formula is C37H68O. The zero-order valence-electron chi connectivity index (χ0n) is 26.0. The molecule has 0 heterocycles. The SMILES string of the molecule is CCCCC/C=C/C/C=C/CCCCCCCCC(O)CCCCCCCC/C=C/C/C=C/CCCCC. The van der Waals surface area contributed by atoms with E-state index < -0.39 is 0 Å². The van der Waals surface area contributed by atoms with Crippen LogP contribution in [0.2, 0.25) is 0 Å². The third-order valence-corrected chi connectivity index (χ3v) is 7.48. The summed E-state index contributed by atoms with van der Waals surface area (Å²) in [6.07, 6.45) is 51.6. The van der Waals surface area contributed by atoms with Gasteiger partial charge in [-0.1, -0.05) is 152 Å². The Morgan fingerprint density at radius 2 is 0.658 bits per heavy atom. The zero-order valence-corrected chi connectivity index (χ0v) is 26.0. The lowest BCUT2D eigenvalue weighted by molar-refractivity contribution is 0.147. The molecule has 1 nitrogen and oxygen atoms in total. The summed E-state index contributed by atoms with van der Waals surface area (Å²) in [4.78, 5) is 0. The van der Waals surface area contributed by atoms with E-state index in [0.717, 1.165) is 25.7 Å². The van der Waals surface area contributed by atoms with Crippen LogP contribution in [0.15, 0.2) is 48.6 Å². The van der Waals surface area contributed by atoms with Crippen molar-refractivity contribution in [3.8, 4) is 0 Å². The molecule has 0 atom stereocenters. The molecule has 0 radical (unpaired) electrons. The van der Waals surface area contributed by atoms with Crippen molar-refractivity contribution in [3.63, 3.8) is 0 Å². The van der Waals surface area contributed by atoms with Crippen LogP contribution in [0, 0.1) is 0 Å². The van der Waals surface area contributed by atoms with Crippen LogP contribution in [0.25, 0.3) is 0 Å². The van der Waals surface area contributed by atoms with Crippen LogP contribution in [0.5, 0.6) is 0 Å². The van der Waals surface area contributed by atoms with Crippen LogP contribution >= 0.6 is 0 Å². The van der Waals surface area contributed by atoms with Gasteiger partial charge in [0.15, 0.2) is 0 Å². The minimum atomic E-state index is -0.0633. The van der Waals surface area contributed by atoms with E-state index in [4.69, 9.17) is 0 Å². The zero-order chi connectivity index (χ0) is 27.6. The molecule has 0 amide bonds. The summed E-state index contributed by atoms with van der Waals surface area (Å²) in [6, 6.07) is 0. The fraction of sp³-hybridized carbons (Fsp3) is 0.784. The molecule has 222 valence electrons. The molecule has 0 fully saturated rings.